The summed E-state index contributed by atoms with van der Waals surface area (Å²) in [7, 11) is 1.78. The second-order valence-electron chi connectivity index (χ2n) is 4.29. The van der Waals surface area contributed by atoms with Crippen LogP contribution in [0.5, 0.6) is 0 Å². The zero-order valence-electron chi connectivity index (χ0n) is 10.9. The van der Waals surface area contributed by atoms with Gasteiger partial charge in [-0.15, -0.1) is 0 Å². The van der Waals surface area contributed by atoms with Crippen molar-refractivity contribution < 1.29 is 13.5 Å². The number of hydrogen-bond acceptors (Lipinski definition) is 2. The minimum atomic E-state index is -3.09. The topological polar surface area (TPSA) is 27.1 Å². The van der Waals surface area contributed by atoms with Crippen molar-refractivity contribution in [1.82, 2.24) is 9.78 Å². The number of halogens is 2. The van der Waals surface area contributed by atoms with Gasteiger partial charge in [-0.05, 0) is 11.6 Å². The van der Waals surface area contributed by atoms with Crippen molar-refractivity contribution >= 4 is 0 Å². The van der Waals surface area contributed by atoms with Crippen molar-refractivity contribution in [3.63, 3.8) is 0 Å². The van der Waals surface area contributed by atoms with Gasteiger partial charge in [-0.1, -0.05) is 37.3 Å². The van der Waals surface area contributed by atoms with E-state index in [4.69, 9.17) is 0 Å². The number of alkyl halides is 2. The van der Waals surface area contributed by atoms with Crippen LogP contribution in [0.15, 0.2) is 36.4 Å². The molecule has 0 aliphatic carbocycles. The van der Waals surface area contributed by atoms with Crippen molar-refractivity contribution in [2.75, 3.05) is 0 Å². The Bertz CT molecular complexity index is 538. The third-order valence-corrected chi connectivity index (χ3v) is 2.84. The average Bonchev–Trinajstić information content (AvgIpc) is 2.79. The Morgan fingerprint density at radius 1 is 1.26 bits per heavy atom. The van der Waals surface area contributed by atoms with Crippen LogP contribution in [0, 0.1) is 0 Å². The molecule has 0 atom stereocenters. The van der Waals surface area contributed by atoms with Crippen LogP contribution in [0.25, 0.3) is 11.3 Å². The molecule has 1 aromatic heterocycles. The van der Waals surface area contributed by atoms with Gasteiger partial charge in [0, 0.05) is 13.5 Å². The summed E-state index contributed by atoms with van der Waals surface area (Å²) in [5.74, 6) is 0. The highest BCUT2D eigenvalue weighted by atomic mass is 19.3. The molecule has 19 heavy (non-hydrogen) atoms. The lowest BCUT2D eigenvalue weighted by Crippen LogP contribution is -2.19. The van der Waals surface area contributed by atoms with E-state index in [0.29, 0.717) is 5.69 Å². The largest absolute Gasteiger partial charge is 0.355 e. The molecule has 0 aliphatic rings. The standard InChI is InChI=1S/C14H16F2N2O/c1-3-14(15,16)19-10-12-9-13(18(2)17-12)11-7-5-4-6-8-11/h4-9H,3,10H2,1-2H3. The van der Waals surface area contributed by atoms with Gasteiger partial charge in [0.05, 0.1) is 18.0 Å². The van der Waals surface area contributed by atoms with Crippen molar-refractivity contribution in [3.05, 3.63) is 42.1 Å². The molecular weight excluding hydrogens is 250 g/mol. The van der Waals surface area contributed by atoms with Crippen LogP contribution in [0.3, 0.4) is 0 Å². The lowest BCUT2D eigenvalue weighted by Gasteiger charge is -2.13. The summed E-state index contributed by atoms with van der Waals surface area (Å²) in [6.45, 7) is 1.19. The third kappa shape index (κ3) is 3.38. The number of benzene rings is 1. The first-order chi connectivity index (χ1) is 9.02. The summed E-state index contributed by atoms with van der Waals surface area (Å²) >= 11 is 0. The maximum Gasteiger partial charge on any atom is 0.355 e. The summed E-state index contributed by atoms with van der Waals surface area (Å²) in [5, 5.41) is 4.18. The first-order valence-corrected chi connectivity index (χ1v) is 6.12. The zero-order valence-corrected chi connectivity index (χ0v) is 10.9. The normalized spacial score (nSPS) is 11.8. The van der Waals surface area contributed by atoms with Gasteiger partial charge in [0.25, 0.3) is 0 Å². The molecule has 5 heteroatoms. The second kappa shape index (κ2) is 5.48. The Balaban J connectivity index is 2.14. The second-order valence-corrected chi connectivity index (χ2v) is 4.29. The number of nitrogens with zero attached hydrogens (tertiary/aromatic N) is 2. The van der Waals surface area contributed by atoms with Gasteiger partial charge in [-0.25, -0.2) is 0 Å². The van der Waals surface area contributed by atoms with Crippen molar-refractivity contribution in [2.45, 2.75) is 26.1 Å². The van der Waals surface area contributed by atoms with Gasteiger partial charge < -0.3 is 4.74 Å². The Morgan fingerprint density at radius 3 is 2.58 bits per heavy atom. The molecule has 0 aliphatic heterocycles. The number of rotatable bonds is 5. The van der Waals surface area contributed by atoms with Crippen LogP contribution in [0.4, 0.5) is 8.78 Å². The van der Waals surface area contributed by atoms with Gasteiger partial charge in [0.15, 0.2) is 0 Å². The summed E-state index contributed by atoms with van der Waals surface area (Å²) in [5.41, 5.74) is 2.36. The van der Waals surface area contributed by atoms with E-state index in [1.807, 2.05) is 30.3 Å². The smallest absolute Gasteiger partial charge is 0.314 e. The molecule has 2 aromatic rings. The maximum atomic E-state index is 13.0. The van der Waals surface area contributed by atoms with Gasteiger partial charge in [0.2, 0.25) is 0 Å². The van der Waals surface area contributed by atoms with Crippen LogP contribution >= 0.6 is 0 Å². The van der Waals surface area contributed by atoms with Crippen LogP contribution in [-0.2, 0) is 18.4 Å². The van der Waals surface area contributed by atoms with Crippen LogP contribution in [0.2, 0.25) is 0 Å². The fraction of sp³-hybridized carbons (Fsp3) is 0.357. The van der Waals surface area contributed by atoms with E-state index in [-0.39, 0.29) is 13.0 Å². The Kier molecular flexibility index (Phi) is 3.95. The molecule has 102 valence electrons. The molecule has 2 rings (SSSR count). The van der Waals surface area contributed by atoms with Crippen LogP contribution < -0.4 is 0 Å². The van der Waals surface area contributed by atoms with Crippen molar-refractivity contribution in [2.24, 2.45) is 7.05 Å². The minimum Gasteiger partial charge on any atom is -0.314 e. The molecule has 0 saturated carbocycles. The molecule has 0 saturated heterocycles. The summed E-state index contributed by atoms with van der Waals surface area (Å²) in [6.07, 6.45) is -3.43. The number of hydrogen-bond donors (Lipinski definition) is 0. The molecular formula is C14H16F2N2O. The summed E-state index contributed by atoms with van der Waals surface area (Å²) < 4.78 is 32.2. The van der Waals surface area contributed by atoms with Gasteiger partial charge in [0.1, 0.15) is 0 Å². The van der Waals surface area contributed by atoms with E-state index >= 15 is 0 Å². The fourth-order valence-electron chi connectivity index (χ4n) is 1.76. The SMILES string of the molecule is CCC(F)(F)OCc1cc(-c2ccccc2)n(C)n1. The number of aromatic nitrogens is 2. The highest BCUT2D eigenvalue weighted by Crippen LogP contribution is 2.23. The highest BCUT2D eigenvalue weighted by Gasteiger charge is 2.27. The van der Waals surface area contributed by atoms with Crippen LogP contribution in [-0.4, -0.2) is 15.9 Å². The van der Waals surface area contributed by atoms with E-state index in [2.05, 4.69) is 9.84 Å². The fourth-order valence-corrected chi connectivity index (χ4v) is 1.76. The van der Waals surface area contributed by atoms with Gasteiger partial charge in [-0.2, -0.15) is 13.9 Å². The Labute approximate surface area is 110 Å². The van der Waals surface area contributed by atoms with Gasteiger partial charge >= 0.3 is 6.11 Å². The van der Waals surface area contributed by atoms with Gasteiger partial charge in [-0.3, -0.25) is 4.68 Å². The van der Waals surface area contributed by atoms with Crippen LogP contribution in [0.1, 0.15) is 19.0 Å². The predicted octanol–water partition coefficient (Wildman–Crippen LogP) is 3.61. The van der Waals surface area contributed by atoms with Crippen molar-refractivity contribution in [1.29, 1.82) is 0 Å². The minimum absolute atomic E-state index is 0.193. The quantitative estimate of drug-likeness (QED) is 0.826. The molecule has 0 spiro atoms. The molecule has 1 heterocycles. The lowest BCUT2D eigenvalue weighted by atomic mass is 10.1. The molecule has 1 aromatic carbocycles. The molecule has 0 amide bonds. The highest BCUT2D eigenvalue weighted by molar-refractivity contribution is 5.59. The number of aryl methyl sites for hydroxylation is 1. The zero-order chi connectivity index (χ0) is 13.9. The molecule has 0 bridgehead atoms. The van der Waals surface area contributed by atoms with E-state index in [0.717, 1.165) is 11.3 Å². The monoisotopic (exact) mass is 266 g/mol. The average molecular weight is 266 g/mol. The Morgan fingerprint density at radius 2 is 1.95 bits per heavy atom. The molecule has 0 N–H and O–H groups in total. The molecule has 0 radical (unpaired) electrons. The van der Waals surface area contributed by atoms with E-state index < -0.39 is 6.11 Å². The van der Waals surface area contributed by atoms with E-state index in [1.54, 1.807) is 17.8 Å². The molecule has 0 fully saturated rings. The first-order valence-electron chi connectivity index (χ1n) is 6.12. The summed E-state index contributed by atoms with van der Waals surface area (Å²) in [6, 6.07) is 11.4. The first kappa shape index (κ1) is 13.7. The summed E-state index contributed by atoms with van der Waals surface area (Å²) in [4.78, 5) is 0. The maximum absolute atomic E-state index is 13.0. The van der Waals surface area contributed by atoms with E-state index in [1.165, 1.54) is 6.92 Å². The van der Waals surface area contributed by atoms with E-state index in [9.17, 15) is 8.78 Å². The molecule has 3 nitrogen and oxygen atoms in total. The Hall–Kier alpha value is -1.75. The number of ether oxygens (including phenoxy) is 1. The third-order valence-electron chi connectivity index (χ3n) is 2.84. The molecule has 0 unspecified atom stereocenters. The van der Waals surface area contributed by atoms with Crippen molar-refractivity contribution in [3.8, 4) is 11.3 Å². The predicted molar refractivity (Wildman–Crippen MR) is 68.7 cm³/mol. The lowest BCUT2D eigenvalue weighted by molar-refractivity contribution is -0.247.